The number of benzene rings is 9. The highest BCUT2D eigenvalue weighted by Gasteiger charge is 2.19. The monoisotopic (exact) mass is 624 g/mol. The first-order valence-electron chi connectivity index (χ1n) is 27.9. The highest BCUT2D eigenvalue weighted by molar-refractivity contribution is 6.23. The summed E-state index contributed by atoms with van der Waals surface area (Å²) in [5.41, 5.74) is -6.02. The molecule has 0 aliphatic heterocycles. The molecule has 0 amide bonds. The second kappa shape index (κ2) is 10.2. The summed E-state index contributed by atoms with van der Waals surface area (Å²) in [4.78, 5) is 0. The summed E-state index contributed by atoms with van der Waals surface area (Å²) < 4.78 is 259. The lowest BCUT2D eigenvalue weighted by molar-refractivity contribution is 0.669. The fourth-order valence-electron chi connectivity index (χ4n) is 5.73. The van der Waals surface area contributed by atoms with Crippen LogP contribution < -0.4 is 0 Å². The number of fused-ring (bicyclic) bond motifs is 7. The summed E-state index contributed by atoms with van der Waals surface area (Å²) >= 11 is 0. The standard InChI is InChI=1S/C46H28O/c1-2-12-29(13-3-1)40-27-34(24-32-16-6-7-17-35(32)40)46-38-20-10-8-18-36(38)45(37-19-9-11-21-39(37)46)33-22-23-43-41(26-33)42-25-30-14-4-5-15-31(30)28-44(42)47-43/h1-28H/i1D,2D,3D,4D,5D,6D,7D,8D,9D,10D,11D,12D,13D,14D,15D,16D,17D,18D,19D,20D,21D,22D,23D,24D,25D,26D,27D,28D. The molecule has 0 spiro atoms. The van der Waals surface area contributed by atoms with Crippen LogP contribution >= 0.6 is 0 Å². The quantitative estimate of drug-likeness (QED) is 0.178. The van der Waals surface area contributed by atoms with Crippen LogP contribution in [-0.4, -0.2) is 0 Å². The van der Waals surface area contributed by atoms with Crippen molar-refractivity contribution in [3.05, 3.63) is 169 Å². The van der Waals surface area contributed by atoms with Gasteiger partial charge in [-0.05, 0) is 113 Å². The van der Waals surface area contributed by atoms with Crippen LogP contribution in [-0.2, 0) is 0 Å². The molecule has 10 aromatic rings. The molecule has 0 N–H and O–H groups in total. The van der Waals surface area contributed by atoms with Crippen molar-refractivity contribution >= 4 is 65.0 Å². The molecule has 0 aliphatic rings. The Labute approximate surface area is 311 Å². The summed E-state index contributed by atoms with van der Waals surface area (Å²) in [5, 5.41) is -6.52. The number of hydrogen-bond donors (Lipinski definition) is 0. The van der Waals surface area contributed by atoms with E-state index >= 15 is 0 Å². The normalized spacial score (nSPS) is 20.2. The molecule has 0 aliphatic carbocycles. The van der Waals surface area contributed by atoms with Gasteiger partial charge in [0, 0.05) is 10.8 Å². The van der Waals surface area contributed by atoms with E-state index in [-0.39, 0.29) is 0 Å². The van der Waals surface area contributed by atoms with Crippen molar-refractivity contribution in [2.24, 2.45) is 0 Å². The SMILES string of the molecule is [2H]c1c([2H])c([2H])c(-c2c([2H])c(-c3c4c([2H])c([2H])c([2H])c([2H])c4c(-c4c([2H])c([2H])c5oc6c([2H])c7c([2H])c([2H])c([2H])c([2H])c7c([2H])c6c5c4[2H])c4c([2H])c([2H])c([2H])c([2H])c34)c([2H])c3c([2H])c([2H])c([2H])c([2H])c23)c([2H])c1[2H]. The van der Waals surface area contributed by atoms with Gasteiger partial charge in [-0.1, -0.05) is 133 Å². The van der Waals surface area contributed by atoms with Crippen LogP contribution in [0.5, 0.6) is 0 Å². The molecule has 0 radical (unpaired) electrons. The maximum atomic E-state index is 9.96. The van der Waals surface area contributed by atoms with Crippen LogP contribution in [0.3, 0.4) is 0 Å². The number of rotatable bonds is 3. The summed E-state index contributed by atoms with van der Waals surface area (Å²) in [6.45, 7) is 0. The largest absolute Gasteiger partial charge is 0.456 e. The zero-order chi connectivity index (χ0) is 55.3. The average Bonchev–Trinajstić information content (AvgIpc) is 3.80. The highest BCUT2D eigenvalue weighted by atomic mass is 16.3. The molecule has 0 unspecified atom stereocenters. The number of furan rings is 1. The summed E-state index contributed by atoms with van der Waals surface area (Å²) in [5.74, 6) is 0. The third kappa shape index (κ3) is 4.03. The maximum absolute atomic E-state index is 9.96. The van der Waals surface area contributed by atoms with E-state index in [1.165, 1.54) is 0 Å². The molecule has 47 heavy (non-hydrogen) atoms. The molecule has 1 heterocycles. The fraction of sp³-hybridized carbons (Fsp3) is 0. The molecule has 0 saturated carbocycles. The first kappa shape index (κ1) is 10.7. The lowest BCUT2D eigenvalue weighted by Crippen LogP contribution is -1.92. The molecule has 9 aromatic carbocycles. The fourth-order valence-corrected chi connectivity index (χ4v) is 5.73. The van der Waals surface area contributed by atoms with E-state index in [4.69, 9.17) is 29.1 Å². The van der Waals surface area contributed by atoms with Gasteiger partial charge in [0.15, 0.2) is 0 Å². The van der Waals surface area contributed by atoms with Gasteiger partial charge in [0.1, 0.15) is 11.2 Å². The second-order valence-corrected chi connectivity index (χ2v) is 10.3. The lowest BCUT2D eigenvalue weighted by atomic mass is 9.84. The molecule has 1 aromatic heterocycles. The Morgan fingerprint density at radius 2 is 0.851 bits per heavy atom. The first-order valence-corrected chi connectivity index (χ1v) is 13.9. The van der Waals surface area contributed by atoms with Crippen molar-refractivity contribution in [3.8, 4) is 33.4 Å². The summed E-state index contributed by atoms with van der Waals surface area (Å²) in [6, 6.07) is -26.1. The zero-order valence-electron chi connectivity index (χ0n) is 51.4. The van der Waals surface area contributed by atoms with Crippen molar-refractivity contribution in [3.63, 3.8) is 0 Å². The van der Waals surface area contributed by atoms with Gasteiger partial charge in [-0.15, -0.1) is 0 Å². The Bertz CT molecular complexity index is 4330. The van der Waals surface area contributed by atoms with Gasteiger partial charge < -0.3 is 4.42 Å². The van der Waals surface area contributed by atoms with Crippen molar-refractivity contribution in [1.29, 1.82) is 0 Å². The molecule has 0 atom stereocenters. The van der Waals surface area contributed by atoms with Crippen LogP contribution in [0.2, 0.25) is 0 Å². The minimum absolute atomic E-state index is 0.456. The second-order valence-electron chi connectivity index (χ2n) is 10.3. The Morgan fingerprint density at radius 3 is 1.53 bits per heavy atom. The van der Waals surface area contributed by atoms with Gasteiger partial charge in [-0.2, -0.15) is 0 Å². The Balaban J connectivity index is 1.54. The van der Waals surface area contributed by atoms with Gasteiger partial charge in [0.05, 0.1) is 38.4 Å². The first-order chi connectivity index (χ1) is 35.0. The minimum atomic E-state index is -1.08. The Kier molecular flexibility index (Phi) is 2.31. The van der Waals surface area contributed by atoms with Crippen LogP contribution in [0.4, 0.5) is 0 Å². The van der Waals surface area contributed by atoms with Gasteiger partial charge in [0.25, 0.3) is 0 Å². The van der Waals surface area contributed by atoms with E-state index in [9.17, 15) is 13.7 Å². The van der Waals surface area contributed by atoms with Gasteiger partial charge >= 0.3 is 0 Å². The Morgan fingerprint density at radius 1 is 0.319 bits per heavy atom. The molecular weight excluding hydrogens is 569 g/mol. The summed E-state index contributed by atoms with van der Waals surface area (Å²) in [7, 11) is 0. The molecule has 0 bridgehead atoms. The predicted octanol–water partition coefficient (Wildman–Crippen LogP) is 13.2. The Hall–Kier alpha value is -6.18. The van der Waals surface area contributed by atoms with Crippen molar-refractivity contribution in [2.45, 2.75) is 0 Å². The number of hydrogen-bond acceptors (Lipinski definition) is 1. The average molecular weight is 625 g/mol. The van der Waals surface area contributed by atoms with E-state index < -0.39 is 268 Å². The van der Waals surface area contributed by atoms with Crippen molar-refractivity contribution in [2.75, 3.05) is 0 Å². The summed E-state index contributed by atoms with van der Waals surface area (Å²) in [6.07, 6.45) is 0. The minimum Gasteiger partial charge on any atom is -0.456 e. The smallest absolute Gasteiger partial charge is 0.136 e. The van der Waals surface area contributed by atoms with E-state index in [2.05, 4.69) is 0 Å². The molecule has 0 fully saturated rings. The van der Waals surface area contributed by atoms with Gasteiger partial charge in [0.2, 0.25) is 0 Å². The van der Waals surface area contributed by atoms with E-state index in [0.717, 1.165) is 0 Å². The molecular formula is C46H28O. The highest BCUT2D eigenvalue weighted by Crippen LogP contribution is 2.46. The molecule has 1 nitrogen and oxygen atoms in total. The molecule has 1 heteroatoms. The third-order valence-corrected chi connectivity index (χ3v) is 7.70. The van der Waals surface area contributed by atoms with Crippen LogP contribution in [0, 0.1) is 0 Å². The van der Waals surface area contributed by atoms with E-state index in [0.29, 0.717) is 0 Å². The molecule has 218 valence electrons. The molecule has 10 rings (SSSR count). The lowest BCUT2D eigenvalue weighted by Gasteiger charge is -2.19. The van der Waals surface area contributed by atoms with Gasteiger partial charge in [-0.25, -0.2) is 0 Å². The topological polar surface area (TPSA) is 13.1 Å². The molecule has 0 saturated heterocycles. The van der Waals surface area contributed by atoms with Crippen LogP contribution in [0.1, 0.15) is 38.4 Å². The van der Waals surface area contributed by atoms with Crippen molar-refractivity contribution < 1.29 is 42.8 Å². The zero-order valence-corrected chi connectivity index (χ0v) is 23.4. The predicted molar refractivity (Wildman–Crippen MR) is 200 cm³/mol. The van der Waals surface area contributed by atoms with Gasteiger partial charge in [-0.3, -0.25) is 0 Å². The third-order valence-electron chi connectivity index (χ3n) is 7.70. The maximum Gasteiger partial charge on any atom is 0.136 e. The van der Waals surface area contributed by atoms with E-state index in [1.807, 2.05) is 0 Å². The van der Waals surface area contributed by atoms with Crippen molar-refractivity contribution in [1.82, 2.24) is 0 Å². The van der Waals surface area contributed by atoms with Crippen LogP contribution in [0.25, 0.3) is 98.4 Å². The van der Waals surface area contributed by atoms with Crippen LogP contribution in [0.15, 0.2) is 174 Å². The van der Waals surface area contributed by atoms with E-state index in [1.54, 1.807) is 0 Å².